The van der Waals surface area contributed by atoms with Crippen molar-refractivity contribution in [2.24, 2.45) is 4.99 Å². The summed E-state index contributed by atoms with van der Waals surface area (Å²) >= 11 is 6.03. The van der Waals surface area contributed by atoms with Gasteiger partial charge >= 0.3 is 6.18 Å². The van der Waals surface area contributed by atoms with Gasteiger partial charge in [0.15, 0.2) is 0 Å². The van der Waals surface area contributed by atoms with E-state index in [2.05, 4.69) is 9.98 Å². The van der Waals surface area contributed by atoms with Gasteiger partial charge in [-0.05, 0) is 49.4 Å². The Morgan fingerprint density at radius 2 is 1.89 bits per heavy atom. The van der Waals surface area contributed by atoms with Gasteiger partial charge in [0.2, 0.25) is 6.29 Å². The number of benzene rings is 2. The molecular formula is C19H13ClF4N4. The molecule has 0 radical (unpaired) electrons. The van der Waals surface area contributed by atoms with E-state index in [9.17, 15) is 17.6 Å². The zero-order valence-electron chi connectivity index (χ0n) is 14.5. The molecule has 9 heteroatoms. The molecular weight excluding hydrogens is 396 g/mol. The number of aryl methyl sites for hydroxylation is 1. The summed E-state index contributed by atoms with van der Waals surface area (Å²) in [6, 6.07) is 8.02. The van der Waals surface area contributed by atoms with Crippen LogP contribution in [-0.2, 0) is 6.18 Å². The molecule has 2 heterocycles. The highest BCUT2D eigenvalue weighted by Gasteiger charge is 2.34. The van der Waals surface area contributed by atoms with Crippen LogP contribution >= 0.6 is 11.6 Å². The van der Waals surface area contributed by atoms with Crippen LogP contribution in [0.2, 0.25) is 5.02 Å². The van der Waals surface area contributed by atoms with Crippen LogP contribution in [0.25, 0.3) is 11.0 Å². The van der Waals surface area contributed by atoms with E-state index in [1.807, 2.05) is 0 Å². The number of hydrogen-bond donors (Lipinski definition) is 0. The number of allylic oxidation sites excluding steroid dienone is 1. The number of rotatable bonds is 2. The molecule has 0 saturated heterocycles. The summed E-state index contributed by atoms with van der Waals surface area (Å²) in [5.74, 6) is -0.710. The number of anilines is 1. The molecule has 1 unspecified atom stereocenters. The number of alkyl halides is 3. The summed E-state index contributed by atoms with van der Waals surface area (Å²) in [6.45, 7) is 1.78. The third-order valence-corrected chi connectivity index (χ3v) is 4.65. The maximum atomic E-state index is 14.1. The topological polar surface area (TPSA) is 33.4 Å². The Balaban J connectivity index is 1.81. The average Bonchev–Trinajstić information content (AvgIpc) is 2.95. The minimum Gasteiger partial charge on any atom is -0.308 e. The summed E-state index contributed by atoms with van der Waals surface area (Å²) in [6.07, 6.45) is -0.609. The molecule has 1 aliphatic heterocycles. The largest absolute Gasteiger partial charge is 0.419 e. The molecule has 0 N–H and O–H groups in total. The van der Waals surface area contributed by atoms with Crippen LogP contribution in [0.4, 0.5) is 23.2 Å². The Morgan fingerprint density at radius 3 is 2.61 bits per heavy atom. The molecule has 3 aromatic rings. The van der Waals surface area contributed by atoms with E-state index in [4.69, 9.17) is 11.6 Å². The Labute approximate surface area is 162 Å². The Morgan fingerprint density at radius 1 is 1.11 bits per heavy atom. The first-order chi connectivity index (χ1) is 13.3. The van der Waals surface area contributed by atoms with E-state index in [1.165, 1.54) is 6.07 Å². The smallest absolute Gasteiger partial charge is 0.308 e. The molecule has 4 rings (SSSR count). The van der Waals surface area contributed by atoms with Gasteiger partial charge in [0.05, 0.1) is 16.6 Å². The average molecular weight is 409 g/mol. The van der Waals surface area contributed by atoms with Gasteiger partial charge in [-0.3, -0.25) is 4.57 Å². The zero-order valence-corrected chi connectivity index (χ0v) is 15.2. The van der Waals surface area contributed by atoms with Crippen LogP contribution < -0.4 is 4.90 Å². The number of hydrogen-bond acceptors (Lipinski definition) is 3. The van der Waals surface area contributed by atoms with Crippen molar-refractivity contribution in [3.63, 3.8) is 0 Å². The molecule has 0 amide bonds. The molecule has 2 aromatic carbocycles. The second-order valence-electron chi connectivity index (χ2n) is 6.22. The molecule has 0 saturated carbocycles. The summed E-state index contributed by atoms with van der Waals surface area (Å²) in [4.78, 5) is 10.5. The minimum absolute atomic E-state index is 0.235. The van der Waals surface area contributed by atoms with Crippen LogP contribution in [0.15, 0.2) is 53.7 Å². The maximum absolute atomic E-state index is 14.1. The van der Waals surface area contributed by atoms with E-state index in [0.29, 0.717) is 16.4 Å². The minimum atomic E-state index is -4.76. The molecule has 0 aliphatic carbocycles. The normalized spacial score (nSPS) is 16.9. The van der Waals surface area contributed by atoms with Crippen molar-refractivity contribution >= 4 is 34.5 Å². The van der Waals surface area contributed by atoms with Gasteiger partial charge in [0.1, 0.15) is 11.6 Å². The molecule has 0 bridgehead atoms. The highest BCUT2D eigenvalue weighted by molar-refractivity contribution is 6.31. The molecule has 1 aliphatic rings. The zero-order chi connectivity index (χ0) is 20.1. The van der Waals surface area contributed by atoms with Crippen molar-refractivity contribution in [3.8, 4) is 0 Å². The third-order valence-electron chi connectivity index (χ3n) is 4.42. The first kappa shape index (κ1) is 18.5. The van der Waals surface area contributed by atoms with Gasteiger partial charge in [0.25, 0.3) is 0 Å². The van der Waals surface area contributed by atoms with Crippen molar-refractivity contribution in [2.45, 2.75) is 19.4 Å². The Bertz CT molecular complexity index is 1120. The standard InChI is InChI=1S/C19H13ClF4N4/c1-11-26-16-9-12(20)3-6-17(16)28(11)18-25-7-2-8-27(18)13-4-5-14(15(21)10-13)19(22,23)24/h2-10,18H,1H3. The van der Waals surface area contributed by atoms with Crippen molar-refractivity contribution in [1.29, 1.82) is 0 Å². The van der Waals surface area contributed by atoms with Crippen molar-refractivity contribution < 1.29 is 17.6 Å². The van der Waals surface area contributed by atoms with Crippen LogP contribution in [-0.4, -0.2) is 15.8 Å². The predicted octanol–water partition coefficient (Wildman–Crippen LogP) is 5.72. The van der Waals surface area contributed by atoms with Gasteiger partial charge < -0.3 is 4.90 Å². The highest BCUT2D eigenvalue weighted by atomic mass is 35.5. The van der Waals surface area contributed by atoms with Crippen molar-refractivity contribution in [3.05, 3.63) is 70.9 Å². The maximum Gasteiger partial charge on any atom is 0.419 e. The van der Waals surface area contributed by atoms with E-state index < -0.39 is 23.8 Å². The summed E-state index contributed by atoms with van der Waals surface area (Å²) in [5, 5.41) is 0.533. The van der Waals surface area contributed by atoms with Crippen molar-refractivity contribution in [1.82, 2.24) is 9.55 Å². The number of aliphatic imine (C=N–C) groups is 1. The highest BCUT2D eigenvalue weighted by Crippen LogP contribution is 2.36. The lowest BCUT2D eigenvalue weighted by molar-refractivity contribution is -0.139. The number of fused-ring (bicyclic) bond motifs is 1. The fraction of sp³-hybridized carbons (Fsp3) is 0.158. The molecule has 28 heavy (non-hydrogen) atoms. The number of aromatic nitrogens is 2. The Kier molecular flexibility index (Phi) is 4.38. The molecule has 4 nitrogen and oxygen atoms in total. The van der Waals surface area contributed by atoms with E-state index in [0.717, 1.165) is 17.6 Å². The number of imidazole rings is 1. The van der Waals surface area contributed by atoms with E-state index >= 15 is 0 Å². The fourth-order valence-corrected chi connectivity index (χ4v) is 3.36. The second kappa shape index (κ2) is 6.63. The molecule has 1 aromatic heterocycles. The lowest BCUT2D eigenvalue weighted by Crippen LogP contribution is -2.29. The lowest BCUT2D eigenvalue weighted by atomic mass is 10.1. The van der Waals surface area contributed by atoms with Crippen LogP contribution in [0.1, 0.15) is 17.7 Å². The first-order valence-corrected chi connectivity index (χ1v) is 8.62. The van der Waals surface area contributed by atoms with Crippen molar-refractivity contribution in [2.75, 3.05) is 4.90 Å². The molecule has 0 spiro atoms. The van der Waals surface area contributed by atoms with Gasteiger partial charge in [0, 0.05) is 23.1 Å². The number of halogens is 5. The molecule has 144 valence electrons. The lowest BCUT2D eigenvalue weighted by Gasteiger charge is -2.31. The summed E-state index contributed by atoms with van der Waals surface area (Å²) in [7, 11) is 0. The predicted molar refractivity (Wildman–Crippen MR) is 100 cm³/mol. The monoisotopic (exact) mass is 408 g/mol. The summed E-state index contributed by atoms with van der Waals surface area (Å²) < 4.78 is 54.5. The van der Waals surface area contributed by atoms with E-state index in [1.54, 1.807) is 53.1 Å². The molecule has 0 fully saturated rings. The fourth-order valence-electron chi connectivity index (χ4n) is 3.20. The first-order valence-electron chi connectivity index (χ1n) is 8.25. The van der Waals surface area contributed by atoms with E-state index in [-0.39, 0.29) is 5.69 Å². The van der Waals surface area contributed by atoms with Gasteiger partial charge in [-0.1, -0.05) is 11.6 Å². The van der Waals surface area contributed by atoms with Crippen LogP contribution in [0, 0.1) is 12.7 Å². The quantitative estimate of drug-likeness (QED) is 0.508. The van der Waals surface area contributed by atoms with Gasteiger partial charge in [-0.2, -0.15) is 13.2 Å². The second-order valence-corrected chi connectivity index (χ2v) is 6.65. The number of nitrogens with zero attached hydrogens (tertiary/aromatic N) is 4. The van der Waals surface area contributed by atoms with Crippen LogP contribution in [0.5, 0.6) is 0 Å². The summed E-state index contributed by atoms with van der Waals surface area (Å²) in [5.41, 5.74) is 0.333. The third kappa shape index (κ3) is 3.13. The Hall–Kier alpha value is -2.87. The van der Waals surface area contributed by atoms with Gasteiger partial charge in [-0.15, -0.1) is 0 Å². The SMILES string of the molecule is Cc1nc2cc(Cl)ccc2n1C1N=CC=CN1c1ccc(C(F)(F)F)c(F)c1. The van der Waals surface area contributed by atoms with Crippen LogP contribution in [0.3, 0.4) is 0 Å². The molecule has 1 atom stereocenters. The van der Waals surface area contributed by atoms with Gasteiger partial charge in [-0.25, -0.2) is 14.4 Å².